The number of rotatable bonds is 5. The summed E-state index contributed by atoms with van der Waals surface area (Å²) in [6.07, 6.45) is 4.79. The van der Waals surface area contributed by atoms with E-state index in [0.717, 1.165) is 10.7 Å². The van der Waals surface area contributed by atoms with Gasteiger partial charge in [0.1, 0.15) is 6.54 Å². The molecule has 1 aliphatic rings. The molecule has 1 aromatic rings. The first-order valence-corrected chi connectivity index (χ1v) is 6.68. The Balaban J connectivity index is 2.28. The normalized spacial score (nSPS) is 17.0. The van der Waals surface area contributed by atoms with Gasteiger partial charge in [0.15, 0.2) is 5.03 Å². The van der Waals surface area contributed by atoms with E-state index in [-0.39, 0.29) is 11.1 Å². The summed E-state index contributed by atoms with van der Waals surface area (Å²) in [4.78, 5) is 16.9. The summed E-state index contributed by atoms with van der Waals surface area (Å²) in [5.41, 5.74) is 0. The van der Waals surface area contributed by atoms with E-state index >= 15 is 0 Å². The van der Waals surface area contributed by atoms with Crippen LogP contribution in [0.3, 0.4) is 0 Å². The highest BCUT2D eigenvalue weighted by Gasteiger charge is 2.36. The number of H-pyrrole nitrogens is 1. The third kappa shape index (κ3) is 2.32. The highest BCUT2D eigenvalue weighted by atomic mass is 32.2. The van der Waals surface area contributed by atoms with Gasteiger partial charge in [0.2, 0.25) is 0 Å². The van der Waals surface area contributed by atoms with Gasteiger partial charge in [0.05, 0.1) is 12.5 Å². The Bertz CT molecular complexity index is 492. The van der Waals surface area contributed by atoms with Crippen LogP contribution in [-0.2, 0) is 14.8 Å². The topological polar surface area (TPSA) is 103 Å². The molecule has 1 heterocycles. The van der Waals surface area contributed by atoms with Gasteiger partial charge in [-0.1, -0.05) is 6.42 Å². The number of aromatic nitrogens is 2. The molecule has 94 valence electrons. The average molecular weight is 259 g/mol. The molecule has 0 aromatic carbocycles. The van der Waals surface area contributed by atoms with Gasteiger partial charge in [-0.3, -0.25) is 4.79 Å². The van der Waals surface area contributed by atoms with Gasteiger partial charge in [-0.25, -0.2) is 13.4 Å². The first kappa shape index (κ1) is 12.1. The summed E-state index contributed by atoms with van der Waals surface area (Å²) in [5, 5.41) is 8.72. The summed E-state index contributed by atoms with van der Waals surface area (Å²) in [6.45, 7) is -0.508. The Morgan fingerprint density at radius 2 is 2.29 bits per heavy atom. The number of hydrogen-bond donors (Lipinski definition) is 2. The number of nitrogens with one attached hydrogen (secondary N) is 1. The largest absolute Gasteiger partial charge is 0.480 e. The molecule has 0 aliphatic heterocycles. The molecule has 8 heteroatoms. The zero-order valence-corrected chi connectivity index (χ0v) is 9.85. The fourth-order valence-electron chi connectivity index (χ4n) is 1.73. The van der Waals surface area contributed by atoms with Gasteiger partial charge >= 0.3 is 5.97 Å². The molecule has 1 aliphatic carbocycles. The van der Waals surface area contributed by atoms with E-state index in [1.807, 2.05) is 0 Å². The Labute approximate surface area is 98.5 Å². The van der Waals surface area contributed by atoms with Crippen LogP contribution in [-0.4, -0.2) is 46.4 Å². The first-order valence-electron chi connectivity index (χ1n) is 5.24. The number of carboxylic acid groups (broad SMARTS) is 1. The predicted octanol–water partition coefficient (Wildman–Crippen LogP) is 0.0375. The van der Waals surface area contributed by atoms with E-state index in [1.165, 1.54) is 12.5 Å². The van der Waals surface area contributed by atoms with E-state index in [2.05, 4.69) is 9.97 Å². The molecule has 0 atom stereocenters. The van der Waals surface area contributed by atoms with Crippen LogP contribution in [0.4, 0.5) is 0 Å². The number of carbonyl (C=O) groups is 1. The lowest BCUT2D eigenvalue weighted by atomic mass is 9.93. The summed E-state index contributed by atoms with van der Waals surface area (Å²) in [6, 6.07) is -0.209. The highest BCUT2D eigenvalue weighted by Crippen LogP contribution is 2.28. The summed E-state index contributed by atoms with van der Waals surface area (Å²) >= 11 is 0. The quantitative estimate of drug-likeness (QED) is 0.777. The van der Waals surface area contributed by atoms with Gasteiger partial charge in [-0.2, -0.15) is 4.31 Å². The maximum absolute atomic E-state index is 12.2. The van der Waals surface area contributed by atoms with Crippen molar-refractivity contribution >= 4 is 16.0 Å². The molecular formula is C9H13N3O4S. The van der Waals surface area contributed by atoms with E-state index in [9.17, 15) is 13.2 Å². The van der Waals surface area contributed by atoms with E-state index in [0.29, 0.717) is 12.8 Å². The van der Waals surface area contributed by atoms with Crippen molar-refractivity contribution in [3.63, 3.8) is 0 Å². The lowest BCUT2D eigenvalue weighted by molar-refractivity contribution is -0.137. The molecule has 1 fully saturated rings. The molecule has 17 heavy (non-hydrogen) atoms. The van der Waals surface area contributed by atoms with Gasteiger partial charge in [0.25, 0.3) is 10.0 Å². The van der Waals surface area contributed by atoms with Crippen LogP contribution in [0, 0.1) is 0 Å². The Morgan fingerprint density at radius 3 is 2.71 bits per heavy atom. The molecule has 0 bridgehead atoms. The molecular weight excluding hydrogens is 246 g/mol. The standard InChI is InChI=1S/C9H13N3O4S/c13-9(14)5-12(7-2-1-3-7)17(15,16)8-4-10-6-11-8/h4,6-7H,1-3,5H2,(H,10,11)(H,13,14). The van der Waals surface area contributed by atoms with Crippen LogP contribution < -0.4 is 0 Å². The number of aliphatic carboxylic acids is 1. The molecule has 7 nitrogen and oxygen atoms in total. The number of imidazole rings is 1. The molecule has 1 saturated carbocycles. The second-order valence-electron chi connectivity index (χ2n) is 3.94. The molecule has 0 spiro atoms. The molecule has 0 unspecified atom stereocenters. The molecule has 2 rings (SSSR count). The third-order valence-corrected chi connectivity index (χ3v) is 4.66. The van der Waals surface area contributed by atoms with Crippen molar-refractivity contribution in [1.82, 2.24) is 14.3 Å². The van der Waals surface area contributed by atoms with Gasteiger partial charge in [0, 0.05) is 6.04 Å². The van der Waals surface area contributed by atoms with Crippen molar-refractivity contribution in [2.75, 3.05) is 6.54 Å². The van der Waals surface area contributed by atoms with Gasteiger partial charge in [-0.15, -0.1) is 0 Å². The van der Waals surface area contributed by atoms with Crippen molar-refractivity contribution in [2.45, 2.75) is 30.3 Å². The number of nitrogens with zero attached hydrogens (tertiary/aromatic N) is 2. The van der Waals surface area contributed by atoms with Crippen molar-refractivity contribution in [3.8, 4) is 0 Å². The van der Waals surface area contributed by atoms with Crippen LogP contribution in [0.25, 0.3) is 0 Å². The fourth-order valence-corrected chi connectivity index (χ4v) is 3.26. The second kappa shape index (κ2) is 4.46. The minimum absolute atomic E-state index is 0.0642. The summed E-state index contributed by atoms with van der Waals surface area (Å²) in [7, 11) is -3.78. The SMILES string of the molecule is O=C(O)CN(C1CCC1)S(=O)(=O)c1cnc[nH]1. The van der Waals surface area contributed by atoms with E-state index in [1.54, 1.807) is 0 Å². The van der Waals surface area contributed by atoms with Crippen LogP contribution >= 0.6 is 0 Å². The second-order valence-corrected chi connectivity index (χ2v) is 5.80. The van der Waals surface area contributed by atoms with Gasteiger partial charge < -0.3 is 10.1 Å². The molecule has 0 amide bonds. The first-order chi connectivity index (χ1) is 8.01. The number of hydrogen-bond acceptors (Lipinski definition) is 4. The maximum Gasteiger partial charge on any atom is 0.318 e. The molecule has 1 aromatic heterocycles. The average Bonchev–Trinajstić information content (AvgIpc) is 2.66. The zero-order valence-electron chi connectivity index (χ0n) is 9.04. The maximum atomic E-state index is 12.2. The van der Waals surface area contributed by atoms with Crippen molar-refractivity contribution < 1.29 is 18.3 Å². The lowest BCUT2D eigenvalue weighted by Crippen LogP contribution is -2.46. The van der Waals surface area contributed by atoms with E-state index in [4.69, 9.17) is 5.11 Å². The Hall–Kier alpha value is -1.41. The smallest absolute Gasteiger partial charge is 0.318 e. The van der Waals surface area contributed by atoms with Crippen LogP contribution in [0.2, 0.25) is 0 Å². The minimum atomic E-state index is -3.78. The predicted molar refractivity (Wildman–Crippen MR) is 57.8 cm³/mol. The van der Waals surface area contributed by atoms with Crippen molar-refractivity contribution in [1.29, 1.82) is 0 Å². The third-order valence-electron chi connectivity index (χ3n) is 2.83. The van der Waals surface area contributed by atoms with Crippen LogP contribution in [0.1, 0.15) is 19.3 Å². The molecule has 2 N–H and O–H groups in total. The Morgan fingerprint density at radius 1 is 1.59 bits per heavy atom. The lowest BCUT2D eigenvalue weighted by Gasteiger charge is -2.34. The fraction of sp³-hybridized carbons (Fsp3) is 0.556. The molecule has 0 radical (unpaired) electrons. The van der Waals surface area contributed by atoms with E-state index < -0.39 is 22.5 Å². The zero-order chi connectivity index (χ0) is 12.5. The highest BCUT2D eigenvalue weighted by molar-refractivity contribution is 7.89. The monoisotopic (exact) mass is 259 g/mol. The minimum Gasteiger partial charge on any atom is -0.480 e. The van der Waals surface area contributed by atoms with Crippen molar-refractivity contribution in [3.05, 3.63) is 12.5 Å². The number of sulfonamides is 1. The van der Waals surface area contributed by atoms with Crippen LogP contribution in [0.15, 0.2) is 17.6 Å². The van der Waals surface area contributed by atoms with Gasteiger partial charge in [-0.05, 0) is 12.8 Å². The van der Waals surface area contributed by atoms with Crippen molar-refractivity contribution in [2.24, 2.45) is 0 Å². The molecule has 0 saturated heterocycles. The Kier molecular flexibility index (Phi) is 3.16. The number of carboxylic acids is 1. The number of aromatic amines is 1. The summed E-state index contributed by atoms with van der Waals surface area (Å²) < 4.78 is 25.3. The summed E-state index contributed by atoms with van der Waals surface area (Å²) in [5.74, 6) is -1.15. The van der Waals surface area contributed by atoms with Crippen LogP contribution in [0.5, 0.6) is 0 Å².